The maximum absolute atomic E-state index is 12.6. The van der Waals surface area contributed by atoms with Gasteiger partial charge in [0, 0.05) is 22.5 Å². The normalized spacial score (nSPS) is 16.6. The highest BCUT2D eigenvalue weighted by molar-refractivity contribution is 7.99. The summed E-state index contributed by atoms with van der Waals surface area (Å²) in [6, 6.07) is 16.2. The van der Waals surface area contributed by atoms with Crippen molar-refractivity contribution >= 4 is 35.0 Å². The molecule has 0 saturated carbocycles. The van der Waals surface area contributed by atoms with E-state index in [1.807, 2.05) is 47.4 Å². The zero-order chi connectivity index (χ0) is 15.5. The smallest absolute Gasteiger partial charge is 0.237 e. The number of halogens is 1. The third-order valence-corrected chi connectivity index (χ3v) is 5.08. The van der Waals surface area contributed by atoms with Crippen LogP contribution in [-0.2, 0) is 17.0 Å². The van der Waals surface area contributed by atoms with Crippen molar-refractivity contribution in [1.29, 1.82) is 0 Å². The fraction of sp³-hybridized carbons (Fsp3) is 0.278. The van der Waals surface area contributed by atoms with Gasteiger partial charge in [-0.3, -0.25) is 4.79 Å². The van der Waals surface area contributed by atoms with Crippen LogP contribution in [0.25, 0.3) is 0 Å². The number of hydrogen-bond donors (Lipinski definition) is 0. The van der Waals surface area contributed by atoms with Crippen molar-refractivity contribution in [3.05, 3.63) is 64.7 Å². The van der Waals surface area contributed by atoms with Crippen molar-refractivity contribution < 1.29 is 4.79 Å². The maximum atomic E-state index is 12.6. The van der Waals surface area contributed by atoms with E-state index in [-0.39, 0.29) is 11.9 Å². The summed E-state index contributed by atoms with van der Waals surface area (Å²) in [5.74, 6) is 1.48. The highest BCUT2D eigenvalue weighted by Gasteiger charge is 2.30. The van der Waals surface area contributed by atoms with Crippen molar-refractivity contribution in [2.45, 2.75) is 25.1 Å². The van der Waals surface area contributed by atoms with Crippen LogP contribution in [0.5, 0.6) is 0 Å². The van der Waals surface area contributed by atoms with E-state index in [1.165, 1.54) is 5.56 Å². The molecule has 22 heavy (non-hydrogen) atoms. The van der Waals surface area contributed by atoms with E-state index in [9.17, 15) is 4.79 Å². The van der Waals surface area contributed by atoms with Crippen LogP contribution >= 0.6 is 23.4 Å². The minimum absolute atomic E-state index is 0.185. The standard InChI is InChI=1S/C18H18ClNOS/c1-13-9-15-6-2-3-8-17(15)20(13)18(21)12-22-11-14-5-4-7-16(19)10-14/h2-8,10,13H,9,11-12H2,1H3/t13-/m0/s1. The number of para-hydroxylation sites is 1. The molecule has 3 rings (SSSR count). The molecule has 1 atom stereocenters. The van der Waals surface area contributed by atoms with Gasteiger partial charge in [-0.05, 0) is 42.7 Å². The Bertz CT molecular complexity index is 688. The number of fused-ring (bicyclic) bond motifs is 1. The van der Waals surface area contributed by atoms with Gasteiger partial charge in [0.05, 0.1) is 5.75 Å². The van der Waals surface area contributed by atoms with E-state index in [0.717, 1.165) is 28.4 Å². The second-order valence-corrected chi connectivity index (χ2v) is 6.99. The molecule has 0 saturated heterocycles. The lowest BCUT2D eigenvalue weighted by Gasteiger charge is -2.22. The van der Waals surface area contributed by atoms with Crippen LogP contribution < -0.4 is 4.90 Å². The van der Waals surface area contributed by atoms with Crippen LogP contribution in [-0.4, -0.2) is 17.7 Å². The molecular weight excluding hydrogens is 314 g/mol. The molecule has 0 N–H and O–H groups in total. The van der Waals surface area contributed by atoms with Crippen LogP contribution in [0.3, 0.4) is 0 Å². The molecule has 1 aliphatic rings. The van der Waals surface area contributed by atoms with E-state index in [0.29, 0.717) is 5.75 Å². The molecule has 0 spiro atoms. The van der Waals surface area contributed by atoms with E-state index < -0.39 is 0 Å². The molecule has 114 valence electrons. The van der Waals surface area contributed by atoms with Crippen LogP contribution in [0, 0.1) is 0 Å². The third kappa shape index (κ3) is 3.31. The number of carbonyl (C=O) groups is 1. The molecule has 0 unspecified atom stereocenters. The highest BCUT2D eigenvalue weighted by Crippen LogP contribution is 2.32. The zero-order valence-electron chi connectivity index (χ0n) is 12.5. The number of anilines is 1. The molecule has 0 aromatic heterocycles. The lowest BCUT2D eigenvalue weighted by atomic mass is 10.1. The van der Waals surface area contributed by atoms with Gasteiger partial charge < -0.3 is 4.90 Å². The summed E-state index contributed by atoms with van der Waals surface area (Å²) in [5, 5.41) is 0.742. The SMILES string of the molecule is C[C@H]1Cc2ccccc2N1C(=O)CSCc1cccc(Cl)c1. The number of carbonyl (C=O) groups excluding carboxylic acids is 1. The molecule has 0 radical (unpaired) electrons. The van der Waals surface area contributed by atoms with Crippen molar-refractivity contribution in [3.63, 3.8) is 0 Å². The molecule has 2 aromatic carbocycles. The Morgan fingerprint density at radius 1 is 1.27 bits per heavy atom. The summed E-state index contributed by atoms with van der Waals surface area (Å²) in [5.41, 5.74) is 3.49. The molecule has 0 bridgehead atoms. The first-order valence-corrected chi connectivity index (χ1v) is 8.90. The van der Waals surface area contributed by atoms with Crippen molar-refractivity contribution in [2.75, 3.05) is 10.7 Å². The Hall–Kier alpha value is -1.45. The zero-order valence-corrected chi connectivity index (χ0v) is 14.0. The molecule has 0 fully saturated rings. The lowest BCUT2D eigenvalue weighted by Crippen LogP contribution is -2.37. The van der Waals surface area contributed by atoms with Gasteiger partial charge in [0.2, 0.25) is 5.91 Å². The molecule has 2 nitrogen and oxygen atoms in total. The Kier molecular flexibility index (Phi) is 4.74. The van der Waals surface area contributed by atoms with Gasteiger partial charge in [-0.2, -0.15) is 0 Å². The third-order valence-electron chi connectivity index (χ3n) is 3.86. The van der Waals surface area contributed by atoms with Crippen molar-refractivity contribution in [1.82, 2.24) is 0 Å². The molecule has 4 heteroatoms. The summed E-state index contributed by atoms with van der Waals surface area (Å²) >= 11 is 7.62. The van der Waals surface area contributed by atoms with Crippen LogP contribution in [0.2, 0.25) is 5.02 Å². The Morgan fingerprint density at radius 3 is 2.91 bits per heavy atom. The van der Waals surface area contributed by atoms with Gasteiger partial charge in [0.15, 0.2) is 0 Å². The highest BCUT2D eigenvalue weighted by atomic mass is 35.5. The second kappa shape index (κ2) is 6.76. The van der Waals surface area contributed by atoms with Gasteiger partial charge in [-0.25, -0.2) is 0 Å². The summed E-state index contributed by atoms with van der Waals surface area (Å²) in [4.78, 5) is 14.5. The van der Waals surface area contributed by atoms with E-state index in [4.69, 9.17) is 11.6 Å². The van der Waals surface area contributed by atoms with E-state index >= 15 is 0 Å². The average Bonchev–Trinajstić information content (AvgIpc) is 2.83. The van der Waals surface area contributed by atoms with Gasteiger partial charge in [0.25, 0.3) is 0 Å². The summed E-state index contributed by atoms with van der Waals surface area (Å²) in [7, 11) is 0. The fourth-order valence-corrected chi connectivity index (χ4v) is 3.94. The predicted octanol–water partition coefficient (Wildman–Crippen LogP) is 4.55. The molecule has 2 aromatic rings. The quantitative estimate of drug-likeness (QED) is 0.819. The average molecular weight is 332 g/mol. The number of benzene rings is 2. The van der Waals surface area contributed by atoms with Crippen molar-refractivity contribution in [3.8, 4) is 0 Å². The molecule has 1 amide bonds. The minimum atomic E-state index is 0.185. The Balaban J connectivity index is 1.61. The first kappa shape index (κ1) is 15.4. The molecule has 0 aliphatic carbocycles. The first-order chi connectivity index (χ1) is 10.6. The van der Waals surface area contributed by atoms with E-state index in [2.05, 4.69) is 13.0 Å². The maximum Gasteiger partial charge on any atom is 0.237 e. The largest absolute Gasteiger partial charge is 0.308 e. The monoisotopic (exact) mass is 331 g/mol. The number of rotatable bonds is 4. The fourth-order valence-electron chi connectivity index (χ4n) is 2.90. The summed E-state index contributed by atoms with van der Waals surface area (Å²) < 4.78 is 0. The predicted molar refractivity (Wildman–Crippen MR) is 94.7 cm³/mol. The first-order valence-electron chi connectivity index (χ1n) is 7.37. The second-order valence-electron chi connectivity index (χ2n) is 5.57. The summed E-state index contributed by atoms with van der Waals surface area (Å²) in [6.45, 7) is 2.11. The molecular formula is C18H18ClNOS. The van der Waals surface area contributed by atoms with Crippen LogP contribution in [0.4, 0.5) is 5.69 Å². The van der Waals surface area contributed by atoms with E-state index in [1.54, 1.807) is 11.8 Å². The van der Waals surface area contributed by atoms with Gasteiger partial charge >= 0.3 is 0 Å². The lowest BCUT2D eigenvalue weighted by molar-refractivity contribution is -0.116. The molecule has 1 heterocycles. The van der Waals surface area contributed by atoms with Gasteiger partial charge in [-0.15, -0.1) is 11.8 Å². The minimum Gasteiger partial charge on any atom is -0.308 e. The number of hydrogen-bond acceptors (Lipinski definition) is 2. The number of thioether (sulfide) groups is 1. The molecule has 1 aliphatic heterocycles. The van der Waals surface area contributed by atoms with Gasteiger partial charge in [-0.1, -0.05) is 41.9 Å². The van der Waals surface area contributed by atoms with Crippen LogP contribution in [0.1, 0.15) is 18.1 Å². The number of amides is 1. The van der Waals surface area contributed by atoms with Gasteiger partial charge in [0.1, 0.15) is 0 Å². The van der Waals surface area contributed by atoms with Crippen molar-refractivity contribution in [2.24, 2.45) is 0 Å². The Morgan fingerprint density at radius 2 is 2.09 bits per heavy atom. The summed E-state index contributed by atoms with van der Waals surface area (Å²) in [6.07, 6.45) is 0.945. The van der Waals surface area contributed by atoms with Crippen LogP contribution in [0.15, 0.2) is 48.5 Å². The number of nitrogens with zero attached hydrogens (tertiary/aromatic N) is 1. The Labute approximate surface area is 140 Å². The topological polar surface area (TPSA) is 20.3 Å².